The summed E-state index contributed by atoms with van der Waals surface area (Å²) < 4.78 is 6.96. The molecule has 1 saturated heterocycles. The van der Waals surface area contributed by atoms with Gasteiger partial charge in [-0.05, 0) is 77.8 Å². The van der Waals surface area contributed by atoms with E-state index >= 15 is 0 Å². The van der Waals surface area contributed by atoms with Crippen LogP contribution in [0.5, 0.6) is 0 Å². The van der Waals surface area contributed by atoms with Gasteiger partial charge in [0.25, 0.3) is 0 Å². The molecule has 1 fully saturated rings. The highest BCUT2D eigenvalue weighted by Gasteiger charge is 2.51. The van der Waals surface area contributed by atoms with Gasteiger partial charge in [-0.1, -0.05) is 12.1 Å². The van der Waals surface area contributed by atoms with Crippen LogP contribution in [0.15, 0.2) is 45.7 Å². The minimum Gasteiger partial charge on any atom is -0.477 e. The van der Waals surface area contributed by atoms with Gasteiger partial charge in [-0.25, -0.2) is 9.59 Å². The van der Waals surface area contributed by atoms with Crippen LogP contribution in [0.4, 0.5) is 0 Å². The van der Waals surface area contributed by atoms with Crippen molar-refractivity contribution >= 4 is 68.8 Å². The molecule has 2 aromatic rings. The van der Waals surface area contributed by atoms with Gasteiger partial charge in [0.1, 0.15) is 16.4 Å². The first-order chi connectivity index (χ1) is 12.4. The maximum Gasteiger partial charge on any atom is 0.360 e. The molecule has 8 heteroatoms. The van der Waals surface area contributed by atoms with Gasteiger partial charge in [-0.3, -0.25) is 0 Å². The smallest absolute Gasteiger partial charge is 0.360 e. The highest BCUT2D eigenvalue weighted by molar-refractivity contribution is 14.1. The number of rotatable bonds is 5. The van der Waals surface area contributed by atoms with Crippen LogP contribution in [0.3, 0.4) is 0 Å². The summed E-state index contributed by atoms with van der Waals surface area (Å²) in [5.41, 5.74) is 0.951. The number of quaternary nitrogens is 1. The molecule has 5 nitrogen and oxygen atoms in total. The maximum atomic E-state index is 12.8. The zero-order chi connectivity index (χ0) is 18.9. The Balaban J connectivity index is 1.91. The van der Waals surface area contributed by atoms with Crippen LogP contribution in [-0.4, -0.2) is 38.9 Å². The molecule has 1 aromatic carbocycles. The molecule has 1 atom stereocenters. The number of aliphatic carboxylic acids is 1. The van der Waals surface area contributed by atoms with Crippen LogP contribution < -0.4 is 0 Å². The predicted molar refractivity (Wildman–Crippen MR) is 113 cm³/mol. The minimum atomic E-state index is -1.05. The molecule has 1 amide bonds. The second-order valence-corrected chi connectivity index (χ2v) is 8.65. The Bertz CT molecular complexity index is 937. The molecule has 2 heterocycles. The molecule has 3 rings (SSSR count). The lowest BCUT2D eigenvalue weighted by Crippen LogP contribution is -2.54. The molecule has 0 saturated carbocycles. The van der Waals surface area contributed by atoms with Crippen molar-refractivity contribution in [2.24, 2.45) is 0 Å². The van der Waals surface area contributed by atoms with Crippen LogP contribution in [-0.2, 0) is 9.59 Å². The third kappa shape index (κ3) is 3.64. The summed E-state index contributed by atoms with van der Waals surface area (Å²) in [7, 11) is 0. The van der Waals surface area contributed by atoms with Gasteiger partial charge in [-0.15, -0.1) is 0 Å². The number of hydrogen-bond acceptors (Lipinski definition) is 5. The highest BCUT2D eigenvalue weighted by atomic mass is 127. The van der Waals surface area contributed by atoms with Crippen LogP contribution in [0.1, 0.15) is 12.7 Å². The minimum absolute atomic E-state index is 0.294. The zero-order valence-corrected chi connectivity index (χ0v) is 17.6. The van der Waals surface area contributed by atoms with Crippen molar-refractivity contribution in [2.45, 2.75) is 6.92 Å². The number of halogens is 1. The normalized spacial score (nSPS) is 21.5. The maximum absolute atomic E-state index is 12.8. The molecule has 0 spiro atoms. The first kappa shape index (κ1) is 19.3. The molecule has 1 aliphatic rings. The number of carbonyl (C=O) groups excluding carboxylic acids is 1. The van der Waals surface area contributed by atoms with E-state index in [0.29, 0.717) is 27.3 Å². The number of carboxylic acid groups (broad SMARTS) is 1. The Morgan fingerprint density at radius 3 is 2.81 bits per heavy atom. The molecule has 0 radical (unpaired) electrons. The van der Waals surface area contributed by atoms with Gasteiger partial charge < -0.3 is 9.52 Å². The first-order valence-corrected chi connectivity index (χ1v) is 10.1. The Morgan fingerprint density at radius 1 is 1.38 bits per heavy atom. The van der Waals surface area contributed by atoms with Gasteiger partial charge in [0.05, 0.1) is 6.54 Å². The molecule has 134 valence electrons. The van der Waals surface area contributed by atoms with E-state index in [-0.39, 0.29) is 16.9 Å². The lowest BCUT2D eigenvalue weighted by atomic mass is 10.2. The van der Waals surface area contributed by atoms with E-state index in [9.17, 15) is 9.59 Å². The number of likely N-dealkylation sites (N-methyl/N-ethyl adjacent to an activating group) is 1. The molecule has 1 aromatic heterocycles. The summed E-state index contributed by atoms with van der Waals surface area (Å²) in [4.78, 5) is 24.4. The number of benzene rings is 1. The summed E-state index contributed by atoms with van der Waals surface area (Å²) in [5.74, 6) is -0.111. The fourth-order valence-electron chi connectivity index (χ4n) is 2.72. The molecule has 0 aliphatic carbocycles. The van der Waals surface area contributed by atoms with Gasteiger partial charge in [0.15, 0.2) is 6.54 Å². The summed E-state index contributed by atoms with van der Waals surface area (Å²) >= 11 is 8.69. The summed E-state index contributed by atoms with van der Waals surface area (Å²) in [5, 5.41) is 9.16. The van der Waals surface area contributed by atoms with Crippen molar-refractivity contribution in [3.63, 3.8) is 0 Å². The van der Waals surface area contributed by atoms with Crippen LogP contribution >= 0.6 is 46.6 Å². The van der Waals surface area contributed by atoms with Crippen molar-refractivity contribution in [2.75, 3.05) is 13.1 Å². The SMILES string of the molecule is CC[N+]1(CC(=O)O)C(=O)C(=Cc2ccc(-c3cccc(I)c3)o2)SC1=S. The third-order valence-electron chi connectivity index (χ3n) is 4.10. The molecular formula is C18H15INO4S2+. The number of amides is 1. The van der Waals surface area contributed by atoms with Crippen molar-refractivity contribution in [3.05, 3.63) is 50.6 Å². The summed E-state index contributed by atoms with van der Waals surface area (Å²) in [6, 6.07) is 11.5. The van der Waals surface area contributed by atoms with E-state index in [1.807, 2.05) is 30.3 Å². The average molecular weight is 500 g/mol. The predicted octanol–water partition coefficient (Wildman–Crippen LogP) is 4.37. The third-order valence-corrected chi connectivity index (χ3v) is 6.41. The van der Waals surface area contributed by atoms with Gasteiger partial charge in [-0.2, -0.15) is 4.48 Å². The lowest BCUT2D eigenvalue weighted by molar-refractivity contribution is -0.743. The van der Waals surface area contributed by atoms with E-state index in [0.717, 1.165) is 20.9 Å². The van der Waals surface area contributed by atoms with E-state index in [4.69, 9.17) is 21.7 Å². The number of carboxylic acids is 1. The monoisotopic (exact) mass is 500 g/mol. The fourth-order valence-corrected chi connectivity index (χ4v) is 4.88. The first-order valence-electron chi connectivity index (χ1n) is 7.79. The topological polar surface area (TPSA) is 67.5 Å². The van der Waals surface area contributed by atoms with E-state index in [1.54, 1.807) is 19.1 Å². The zero-order valence-electron chi connectivity index (χ0n) is 13.8. The van der Waals surface area contributed by atoms with Gasteiger partial charge in [0.2, 0.25) is 4.32 Å². The van der Waals surface area contributed by atoms with Crippen molar-refractivity contribution in [1.82, 2.24) is 0 Å². The molecule has 0 bridgehead atoms. The number of hydrogen-bond donors (Lipinski definition) is 1. The summed E-state index contributed by atoms with van der Waals surface area (Å²) in [6.07, 6.45) is 1.63. The standard InChI is InChI=1S/C18H14INO4S2/c1-2-20(10-16(21)22)17(23)15(26-18(20)25)9-13-6-7-14(24-13)11-4-3-5-12(19)8-11/h3-9H,2,10H2,1H3/p+1. The molecular weight excluding hydrogens is 485 g/mol. The van der Waals surface area contributed by atoms with Gasteiger partial charge in [0, 0.05) is 15.2 Å². The Kier molecular flexibility index (Phi) is 5.66. The van der Waals surface area contributed by atoms with E-state index in [2.05, 4.69) is 22.6 Å². The van der Waals surface area contributed by atoms with Gasteiger partial charge >= 0.3 is 11.9 Å². The highest BCUT2D eigenvalue weighted by Crippen LogP contribution is 2.38. The Hall–Kier alpha value is -1.49. The van der Waals surface area contributed by atoms with Crippen molar-refractivity contribution in [3.8, 4) is 11.3 Å². The Morgan fingerprint density at radius 2 is 2.15 bits per heavy atom. The number of thiocarbonyl (C=S) groups is 1. The second-order valence-electron chi connectivity index (χ2n) is 5.73. The average Bonchev–Trinajstić information content (AvgIpc) is 3.14. The quantitative estimate of drug-likeness (QED) is 0.285. The number of thioether (sulfide) groups is 1. The molecule has 1 aliphatic heterocycles. The number of nitrogens with zero attached hydrogens (tertiary/aromatic N) is 1. The largest absolute Gasteiger partial charge is 0.477 e. The fraction of sp³-hybridized carbons (Fsp3) is 0.167. The van der Waals surface area contributed by atoms with Crippen LogP contribution in [0.25, 0.3) is 17.4 Å². The second kappa shape index (κ2) is 7.63. The van der Waals surface area contributed by atoms with E-state index < -0.39 is 5.97 Å². The molecule has 1 unspecified atom stereocenters. The van der Waals surface area contributed by atoms with Crippen LogP contribution in [0.2, 0.25) is 0 Å². The number of carbonyl (C=O) groups is 2. The number of furan rings is 1. The lowest BCUT2D eigenvalue weighted by Gasteiger charge is -2.25. The van der Waals surface area contributed by atoms with Crippen molar-refractivity contribution < 1.29 is 23.6 Å². The van der Waals surface area contributed by atoms with Crippen LogP contribution in [0, 0.1) is 3.57 Å². The summed E-state index contributed by atoms with van der Waals surface area (Å²) in [6.45, 7) is 1.73. The molecule has 26 heavy (non-hydrogen) atoms. The molecule has 1 N–H and O–H groups in total. The van der Waals surface area contributed by atoms with E-state index in [1.165, 1.54) is 0 Å². The van der Waals surface area contributed by atoms with Crippen molar-refractivity contribution in [1.29, 1.82) is 0 Å². The Labute approximate surface area is 173 Å².